The molecule has 100 valence electrons. The normalized spacial score (nSPS) is 10.4. The maximum atomic E-state index is 12.2. The van der Waals surface area contributed by atoms with Crippen LogP contribution in [0.3, 0.4) is 0 Å². The topological polar surface area (TPSA) is 67.8 Å². The lowest BCUT2D eigenvalue weighted by atomic mass is 10.3. The van der Waals surface area contributed by atoms with Gasteiger partial charge in [0.15, 0.2) is 0 Å². The highest BCUT2D eigenvalue weighted by Crippen LogP contribution is 2.27. The molecule has 0 spiro atoms. The van der Waals surface area contributed by atoms with E-state index < -0.39 is 0 Å². The van der Waals surface area contributed by atoms with Crippen molar-refractivity contribution in [3.05, 3.63) is 52.5 Å². The van der Waals surface area contributed by atoms with Gasteiger partial charge >= 0.3 is 0 Å². The third-order valence-corrected chi connectivity index (χ3v) is 4.21. The number of carbonyl (C=O) groups is 1. The predicted octanol–water partition coefficient (Wildman–Crippen LogP) is 2.59. The van der Waals surface area contributed by atoms with Crippen LogP contribution in [0.2, 0.25) is 0 Å². The SMILES string of the molecule is O=C(NCc1ccccn1)c1snnc1-c1cccs1. The Labute approximate surface area is 123 Å². The number of thiophene rings is 1. The maximum absolute atomic E-state index is 12.2. The largest absolute Gasteiger partial charge is 0.346 e. The van der Waals surface area contributed by atoms with Gasteiger partial charge in [-0.15, -0.1) is 16.4 Å². The van der Waals surface area contributed by atoms with E-state index in [4.69, 9.17) is 0 Å². The number of hydrogen-bond donors (Lipinski definition) is 1. The van der Waals surface area contributed by atoms with E-state index >= 15 is 0 Å². The zero-order valence-corrected chi connectivity index (χ0v) is 11.9. The first kappa shape index (κ1) is 12.9. The molecule has 1 amide bonds. The van der Waals surface area contributed by atoms with E-state index in [1.807, 2.05) is 35.7 Å². The second-order valence-corrected chi connectivity index (χ2v) is 5.63. The molecule has 0 saturated heterocycles. The number of nitrogens with one attached hydrogen (secondary N) is 1. The fourth-order valence-corrected chi connectivity index (χ4v) is 3.04. The Balaban J connectivity index is 1.74. The van der Waals surface area contributed by atoms with Crippen molar-refractivity contribution in [3.8, 4) is 10.6 Å². The number of pyridine rings is 1. The van der Waals surface area contributed by atoms with E-state index in [9.17, 15) is 4.79 Å². The van der Waals surface area contributed by atoms with Crippen LogP contribution in [-0.4, -0.2) is 20.5 Å². The number of amides is 1. The molecule has 20 heavy (non-hydrogen) atoms. The van der Waals surface area contributed by atoms with Gasteiger partial charge in [0.1, 0.15) is 10.6 Å². The van der Waals surface area contributed by atoms with Gasteiger partial charge in [-0.3, -0.25) is 9.78 Å². The van der Waals surface area contributed by atoms with Crippen LogP contribution in [0.4, 0.5) is 0 Å². The number of nitrogens with zero attached hydrogens (tertiary/aromatic N) is 3. The summed E-state index contributed by atoms with van der Waals surface area (Å²) in [7, 11) is 0. The Kier molecular flexibility index (Phi) is 3.80. The minimum Gasteiger partial charge on any atom is -0.346 e. The molecule has 3 aromatic heterocycles. The Morgan fingerprint density at radius 2 is 2.20 bits per heavy atom. The number of carbonyl (C=O) groups excluding carboxylic acids is 1. The molecule has 0 aliphatic rings. The summed E-state index contributed by atoms with van der Waals surface area (Å²) in [5.41, 5.74) is 1.46. The molecule has 0 aromatic carbocycles. The number of aromatic nitrogens is 3. The second kappa shape index (κ2) is 5.89. The van der Waals surface area contributed by atoms with Gasteiger partial charge < -0.3 is 5.32 Å². The molecule has 1 N–H and O–H groups in total. The number of hydrogen-bond acceptors (Lipinski definition) is 6. The van der Waals surface area contributed by atoms with E-state index in [-0.39, 0.29) is 5.91 Å². The number of rotatable bonds is 4. The summed E-state index contributed by atoms with van der Waals surface area (Å²) in [6.07, 6.45) is 1.70. The van der Waals surface area contributed by atoms with Crippen molar-refractivity contribution in [2.45, 2.75) is 6.54 Å². The molecule has 0 fully saturated rings. The Bertz CT molecular complexity index is 694. The van der Waals surface area contributed by atoms with Crippen LogP contribution < -0.4 is 5.32 Å². The molecule has 0 bridgehead atoms. The zero-order valence-electron chi connectivity index (χ0n) is 10.3. The fraction of sp³-hybridized carbons (Fsp3) is 0.0769. The Morgan fingerprint density at radius 1 is 1.25 bits per heavy atom. The van der Waals surface area contributed by atoms with E-state index in [1.54, 1.807) is 6.20 Å². The van der Waals surface area contributed by atoms with Crippen molar-refractivity contribution < 1.29 is 4.79 Å². The lowest BCUT2D eigenvalue weighted by Crippen LogP contribution is -2.22. The van der Waals surface area contributed by atoms with Gasteiger partial charge in [0.25, 0.3) is 5.91 Å². The molecule has 0 saturated carbocycles. The zero-order chi connectivity index (χ0) is 13.8. The van der Waals surface area contributed by atoms with Crippen molar-refractivity contribution in [1.29, 1.82) is 0 Å². The summed E-state index contributed by atoms with van der Waals surface area (Å²) in [4.78, 5) is 17.8. The van der Waals surface area contributed by atoms with Crippen LogP contribution in [0.1, 0.15) is 15.4 Å². The summed E-state index contributed by atoms with van der Waals surface area (Å²) in [6.45, 7) is 0.390. The molecule has 0 aliphatic carbocycles. The molecule has 5 nitrogen and oxygen atoms in total. The Hall–Kier alpha value is -2.12. The molecular weight excluding hydrogens is 292 g/mol. The summed E-state index contributed by atoms with van der Waals surface area (Å²) in [5.74, 6) is -0.172. The van der Waals surface area contributed by atoms with Crippen LogP contribution in [0.5, 0.6) is 0 Å². The van der Waals surface area contributed by atoms with Crippen LogP contribution in [-0.2, 0) is 6.54 Å². The molecule has 3 rings (SSSR count). The third kappa shape index (κ3) is 2.73. The van der Waals surface area contributed by atoms with E-state index in [1.165, 1.54) is 11.3 Å². The first-order valence-corrected chi connectivity index (χ1v) is 7.54. The van der Waals surface area contributed by atoms with E-state index in [2.05, 4.69) is 19.9 Å². The molecule has 7 heteroatoms. The van der Waals surface area contributed by atoms with Crippen LogP contribution in [0, 0.1) is 0 Å². The molecule has 0 radical (unpaired) electrons. The second-order valence-electron chi connectivity index (χ2n) is 3.93. The van der Waals surface area contributed by atoms with Crippen molar-refractivity contribution >= 4 is 28.8 Å². The van der Waals surface area contributed by atoms with E-state index in [0.29, 0.717) is 17.1 Å². The van der Waals surface area contributed by atoms with Crippen molar-refractivity contribution in [2.24, 2.45) is 0 Å². The fourth-order valence-electron chi connectivity index (χ4n) is 1.67. The standard InChI is InChI=1S/C13H10N4OS2/c18-13(15-8-9-4-1-2-6-14-9)12-11(16-17-20-12)10-5-3-7-19-10/h1-7H,8H2,(H,15,18). The highest BCUT2D eigenvalue weighted by atomic mass is 32.1. The van der Waals surface area contributed by atoms with Gasteiger partial charge in [-0.1, -0.05) is 16.6 Å². The van der Waals surface area contributed by atoms with Gasteiger partial charge in [-0.25, -0.2) is 0 Å². The summed E-state index contributed by atoms with van der Waals surface area (Å²) >= 11 is 2.64. The van der Waals surface area contributed by atoms with Crippen molar-refractivity contribution in [1.82, 2.24) is 19.9 Å². The first-order chi connectivity index (χ1) is 9.84. The average Bonchev–Trinajstić information content (AvgIpc) is 3.15. The van der Waals surface area contributed by atoms with Crippen molar-refractivity contribution in [3.63, 3.8) is 0 Å². The van der Waals surface area contributed by atoms with Crippen LogP contribution in [0.15, 0.2) is 41.9 Å². The van der Waals surface area contributed by atoms with Crippen molar-refractivity contribution in [2.75, 3.05) is 0 Å². The summed E-state index contributed by atoms with van der Waals surface area (Å²) in [5, 5.41) is 8.82. The lowest BCUT2D eigenvalue weighted by molar-refractivity contribution is 0.0955. The minimum atomic E-state index is -0.172. The summed E-state index contributed by atoms with van der Waals surface area (Å²) < 4.78 is 3.88. The van der Waals surface area contributed by atoms with Gasteiger partial charge in [-0.2, -0.15) is 0 Å². The quantitative estimate of drug-likeness (QED) is 0.804. The molecule has 3 heterocycles. The molecule has 3 aromatic rings. The predicted molar refractivity (Wildman–Crippen MR) is 78.6 cm³/mol. The van der Waals surface area contributed by atoms with Gasteiger partial charge in [-0.05, 0) is 35.1 Å². The smallest absolute Gasteiger partial charge is 0.265 e. The Morgan fingerprint density at radius 3 is 2.95 bits per heavy atom. The third-order valence-electron chi connectivity index (χ3n) is 2.61. The highest BCUT2D eigenvalue weighted by molar-refractivity contribution is 7.14. The van der Waals surface area contributed by atoms with Crippen LogP contribution >= 0.6 is 22.9 Å². The van der Waals surface area contributed by atoms with E-state index in [0.717, 1.165) is 22.1 Å². The molecule has 0 aliphatic heterocycles. The average molecular weight is 302 g/mol. The lowest BCUT2D eigenvalue weighted by Gasteiger charge is -2.03. The molecule has 0 atom stereocenters. The highest BCUT2D eigenvalue weighted by Gasteiger charge is 2.18. The first-order valence-electron chi connectivity index (χ1n) is 5.89. The summed E-state index contributed by atoms with van der Waals surface area (Å²) in [6, 6.07) is 9.45. The van der Waals surface area contributed by atoms with Crippen LogP contribution in [0.25, 0.3) is 10.6 Å². The maximum Gasteiger partial charge on any atom is 0.265 e. The van der Waals surface area contributed by atoms with Gasteiger partial charge in [0, 0.05) is 6.20 Å². The van der Waals surface area contributed by atoms with Gasteiger partial charge in [0.2, 0.25) is 0 Å². The molecular formula is C13H10N4OS2. The monoisotopic (exact) mass is 302 g/mol. The van der Waals surface area contributed by atoms with Gasteiger partial charge in [0.05, 0.1) is 17.1 Å². The molecule has 0 unspecified atom stereocenters. The minimum absolute atomic E-state index is 0.172.